The van der Waals surface area contributed by atoms with Crippen LogP contribution in [-0.2, 0) is 14.3 Å². The van der Waals surface area contributed by atoms with E-state index in [-0.39, 0.29) is 22.9 Å². The smallest absolute Gasteiger partial charge is 0.315 e. The quantitative estimate of drug-likeness (QED) is 0.829. The molecule has 1 atom stereocenters. The molecule has 0 fully saturated rings. The van der Waals surface area contributed by atoms with E-state index in [0.29, 0.717) is 6.61 Å². The van der Waals surface area contributed by atoms with Gasteiger partial charge in [-0.1, -0.05) is 30.3 Å². The molecule has 1 amide bonds. The Hall–Kier alpha value is -2.01. The number of ether oxygens (including phenoxy) is 1. The third-order valence-corrected chi connectivity index (χ3v) is 4.26. The zero-order valence-corrected chi connectivity index (χ0v) is 13.5. The van der Waals surface area contributed by atoms with E-state index in [9.17, 15) is 9.59 Å². The minimum Gasteiger partial charge on any atom is -0.465 e. The summed E-state index contributed by atoms with van der Waals surface area (Å²) >= 11 is 1.27. The number of nitrogens with one attached hydrogen (secondary N) is 1. The molecule has 116 valence electrons. The zero-order chi connectivity index (χ0) is 15.9. The number of esters is 1. The van der Waals surface area contributed by atoms with Crippen molar-refractivity contribution in [2.45, 2.75) is 19.1 Å². The number of rotatable bonds is 6. The lowest BCUT2D eigenvalue weighted by Gasteiger charge is -2.12. The number of anilines is 1. The van der Waals surface area contributed by atoms with Gasteiger partial charge in [-0.2, -0.15) is 0 Å². The maximum Gasteiger partial charge on any atom is 0.315 e. The van der Waals surface area contributed by atoms with Crippen LogP contribution < -0.4 is 5.32 Å². The monoisotopic (exact) mass is 317 g/mol. The van der Waals surface area contributed by atoms with E-state index in [4.69, 9.17) is 4.74 Å². The van der Waals surface area contributed by atoms with Crippen LogP contribution in [0.25, 0.3) is 10.8 Å². The summed E-state index contributed by atoms with van der Waals surface area (Å²) < 4.78 is 4.85. The second kappa shape index (κ2) is 7.84. The van der Waals surface area contributed by atoms with Crippen LogP contribution in [0.3, 0.4) is 0 Å². The van der Waals surface area contributed by atoms with Crippen molar-refractivity contribution in [1.82, 2.24) is 0 Å². The molecule has 0 unspecified atom stereocenters. The lowest BCUT2D eigenvalue weighted by molar-refractivity contribution is -0.139. The van der Waals surface area contributed by atoms with Gasteiger partial charge in [0.05, 0.1) is 17.6 Å². The molecule has 0 aromatic heterocycles. The summed E-state index contributed by atoms with van der Waals surface area (Å²) in [6.07, 6.45) is 0. The molecular formula is C17H19NO3S. The van der Waals surface area contributed by atoms with E-state index < -0.39 is 0 Å². The minimum absolute atomic E-state index is 0.121. The fraction of sp³-hybridized carbons (Fsp3) is 0.294. The molecule has 0 saturated heterocycles. The van der Waals surface area contributed by atoms with E-state index in [2.05, 4.69) is 5.32 Å². The van der Waals surface area contributed by atoms with Gasteiger partial charge in [0, 0.05) is 5.69 Å². The van der Waals surface area contributed by atoms with Crippen LogP contribution in [0.4, 0.5) is 5.69 Å². The molecule has 0 bridgehead atoms. The Labute approximate surface area is 134 Å². The third-order valence-electron chi connectivity index (χ3n) is 3.14. The summed E-state index contributed by atoms with van der Waals surface area (Å²) in [4.78, 5) is 23.4. The van der Waals surface area contributed by atoms with Gasteiger partial charge in [-0.15, -0.1) is 11.8 Å². The van der Waals surface area contributed by atoms with Crippen LogP contribution in [0.2, 0.25) is 0 Å². The van der Waals surface area contributed by atoms with Crippen molar-refractivity contribution < 1.29 is 14.3 Å². The number of thioether (sulfide) groups is 1. The number of carbonyl (C=O) groups is 2. The van der Waals surface area contributed by atoms with Crippen LogP contribution in [0.5, 0.6) is 0 Å². The van der Waals surface area contributed by atoms with Crippen molar-refractivity contribution in [2.24, 2.45) is 0 Å². The Bertz CT molecular complexity index is 672. The summed E-state index contributed by atoms with van der Waals surface area (Å²) in [6.45, 7) is 3.90. The van der Waals surface area contributed by atoms with Gasteiger partial charge in [-0.05, 0) is 36.8 Å². The summed E-state index contributed by atoms with van der Waals surface area (Å²) in [5, 5.41) is 4.76. The van der Waals surface area contributed by atoms with Gasteiger partial charge >= 0.3 is 5.97 Å². The van der Waals surface area contributed by atoms with E-state index >= 15 is 0 Å². The molecule has 2 rings (SSSR count). The predicted octanol–water partition coefficient (Wildman–Crippen LogP) is 3.46. The Kier molecular flexibility index (Phi) is 5.83. The highest BCUT2D eigenvalue weighted by Gasteiger charge is 2.15. The maximum atomic E-state index is 12.1. The zero-order valence-electron chi connectivity index (χ0n) is 12.7. The Morgan fingerprint density at radius 3 is 2.64 bits per heavy atom. The molecule has 0 aliphatic heterocycles. The number of hydrogen-bond acceptors (Lipinski definition) is 4. The minimum atomic E-state index is -0.323. The maximum absolute atomic E-state index is 12.1. The lowest BCUT2D eigenvalue weighted by Crippen LogP contribution is -2.24. The van der Waals surface area contributed by atoms with E-state index in [1.807, 2.05) is 42.5 Å². The van der Waals surface area contributed by atoms with Crippen molar-refractivity contribution in [3.63, 3.8) is 0 Å². The molecule has 0 aliphatic rings. The van der Waals surface area contributed by atoms with Gasteiger partial charge in [0.25, 0.3) is 0 Å². The van der Waals surface area contributed by atoms with Crippen molar-refractivity contribution in [2.75, 3.05) is 17.7 Å². The molecule has 2 aromatic rings. The van der Waals surface area contributed by atoms with Gasteiger partial charge in [0.1, 0.15) is 0 Å². The predicted molar refractivity (Wildman–Crippen MR) is 91.1 cm³/mol. The van der Waals surface area contributed by atoms with Gasteiger partial charge in [-0.25, -0.2) is 0 Å². The summed E-state index contributed by atoms with van der Waals surface area (Å²) in [5.74, 6) is -0.234. The van der Waals surface area contributed by atoms with E-state index in [1.54, 1.807) is 13.8 Å². The fourth-order valence-electron chi connectivity index (χ4n) is 1.98. The highest BCUT2D eigenvalue weighted by Crippen LogP contribution is 2.20. The summed E-state index contributed by atoms with van der Waals surface area (Å²) in [6, 6.07) is 13.8. The SMILES string of the molecule is CCOC(=O)CS[C@@H](C)C(=O)Nc1ccc2ccccc2c1. The number of hydrogen-bond donors (Lipinski definition) is 1. The van der Waals surface area contributed by atoms with E-state index in [1.165, 1.54) is 11.8 Å². The normalized spacial score (nSPS) is 11.9. The Balaban J connectivity index is 1.93. The first-order chi connectivity index (χ1) is 10.6. The molecule has 5 heteroatoms. The summed E-state index contributed by atoms with van der Waals surface area (Å²) in [7, 11) is 0. The van der Waals surface area contributed by atoms with Crippen LogP contribution in [0.15, 0.2) is 42.5 Å². The highest BCUT2D eigenvalue weighted by atomic mass is 32.2. The van der Waals surface area contributed by atoms with Crippen LogP contribution in [-0.4, -0.2) is 29.5 Å². The van der Waals surface area contributed by atoms with Crippen LogP contribution in [0, 0.1) is 0 Å². The standard InChI is InChI=1S/C17H19NO3S/c1-3-21-16(19)11-22-12(2)17(20)18-15-9-8-13-6-4-5-7-14(13)10-15/h4-10,12H,3,11H2,1-2H3,(H,18,20)/t12-/m0/s1. The number of benzene rings is 2. The molecule has 0 aliphatic carbocycles. The van der Waals surface area contributed by atoms with Gasteiger partial charge in [0.2, 0.25) is 5.91 Å². The molecular weight excluding hydrogens is 298 g/mol. The molecule has 1 N–H and O–H groups in total. The van der Waals surface area contributed by atoms with Gasteiger partial charge in [-0.3, -0.25) is 9.59 Å². The average Bonchev–Trinajstić information content (AvgIpc) is 2.52. The summed E-state index contributed by atoms with van der Waals surface area (Å²) in [5.41, 5.74) is 0.757. The second-order valence-electron chi connectivity index (χ2n) is 4.81. The van der Waals surface area contributed by atoms with Crippen LogP contribution >= 0.6 is 11.8 Å². The molecule has 0 saturated carbocycles. The number of amides is 1. The molecule has 0 radical (unpaired) electrons. The fourth-order valence-corrected chi connectivity index (χ4v) is 2.66. The first-order valence-corrected chi connectivity index (χ1v) is 8.22. The van der Waals surface area contributed by atoms with Gasteiger partial charge < -0.3 is 10.1 Å². The first-order valence-electron chi connectivity index (χ1n) is 7.17. The first kappa shape index (κ1) is 16.4. The largest absolute Gasteiger partial charge is 0.465 e. The van der Waals surface area contributed by atoms with Crippen molar-refractivity contribution in [3.8, 4) is 0 Å². The van der Waals surface area contributed by atoms with Crippen molar-refractivity contribution in [3.05, 3.63) is 42.5 Å². The highest BCUT2D eigenvalue weighted by molar-refractivity contribution is 8.01. The third kappa shape index (κ3) is 4.49. The van der Waals surface area contributed by atoms with Crippen molar-refractivity contribution in [1.29, 1.82) is 0 Å². The Morgan fingerprint density at radius 1 is 1.18 bits per heavy atom. The topological polar surface area (TPSA) is 55.4 Å². The lowest BCUT2D eigenvalue weighted by atomic mass is 10.1. The molecule has 0 spiro atoms. The number of carbonyl (C=O) groups excluding carboxylic acids is 2. The Morgan fingerprint density at radius 2 is 1.91 bits per heavy atom. The number of fused-ring (bicyclic) bond motifs is 1. The van der Waals surface area contributed by atoms with Crippen molar-refractivity contribution >= 4 is 40.1 Å². The second-order valence-corrected chi connectivity index (χ2v) is 6.14. The van der Waals surface area contributed by atoms with Gasteiger partial charge in [0.15, 0.2) is 0 Å². The van der Waals surface area contributed by atoms with E-state index in [0.717, 1.165) is 16.5 Å². The molecule has 2 aromatic carbocycles. The average molecular weight is 317 g/mol. The molecule has 0 heterocycles. The van der Waals surface area contributed by atoms with Crippen LogP contribution in [0.1, 0.15) is 13.8 Å². The molecule has 4 nitrogen and oxygen atoms in total. The molecule has 22 heavy (non-hydrogen) atoms.